The lowest BCUT2D eigenvalue weighted by atomic mass is 10.3. The summed E-state index contributed by atoms with van der Waals surface area (Å²) in [5.41, 5.74) is 0. The number of halogens is 2. The molecule has 1 atom stereocenters. The topological polar surface area (TPSA) is 66.4 Å². The molecule has 1 aromatic rings. The van der Waals surface area contributed by atoms with E-state index in [9.17, 15) is 17.2 Å². The monoisotopic (exact) mass is 251 g/mol. The molecule has 16 heavy (non-hydrogen) atoms. The third kappa shape index (κ3) is 2.97. The number of benzene rings is 1. The Balaban J connectivity index is 3.08. The SMILES string of the molecule is CC(O)CNS(=O)(=O)c1c(F)cccc1F. The molecule has 1 aromatic carbocycles. The van der Waals surface area contributed by atoms with Gasteiger partial charge in [0.2, 0.25) is 10.0 Å². The Hall–Kier alpha value is -1.05. The van der Waals surface area contributed by atoms with Crippen molar-refractivity contribution >= 4 is 10.0 Å². The molecule has 0 saturated heterocycles. The molecule has 1 rings (SSSR count). The standard InChI is InChI=1S/C9H11F2NO3S/c1-6(13)5-12-16(14,15)9-7(10)3-2-4-8(9)11/h2-4,6,12-13H,5H2,1H3. The first kappa shape index (κ1) is 13.0. The van der Waals surface area contributed by atoms with Crippen molar-refractivity contribution in [3.8, 4) is 0 Å². The van der Waals surface area contributed by atoms with Crippen LogP contribution in [0.1, 0.15) is 6.92 Å². The highest BCUT2D eigenvalue weighted by molar-refractivity contribution is 7.89. The van der Waals surface area contributed by atoms with Crippen molar-refractivity contribution in [3.63, 3.8) is 0 Å². The zero-order chi connectivity index (χ0) is 12.3. The molecule has 0 saturated carbocycles. The number of sulfonamides is 1. The Morgan fingerprint density at radius 2 is 1.88 bits per heavy atom. The fraction of sp³-hybridized carbons (Fsp3) is 0.333. The van der Waals surface area contributed by atoms with Crippen molar-refractivity contribution in [2.24, 2.45) is 0 Å². The van der Waals surface area contributed by atoms with Crippen molar-refractivity contribution in [1.29, 1.82) is 0 Å². The first-order valence-electron chi connectivity index (χ1n) is 4.46. The van der Waals surface area contributed by atoms with E-state index in [1.54, 1.807) is 0 Å². The molecule has 7 heteroatoms. The summed E-state index contributed by atoms with van der Waals surface area (Å²) < 4.78 is 51.1. The number of nitrogens with one attached hydrogen (secondary N) is 1. The van der Waals surface area contributed by atoms with Crippen LogP contribution in [0.25, 0.3) is 0 Å². The van der Waals surface area contributed by atoms with Crippen LogP contribution in [-0.2, 0) is 10.0 Å². The largest absolute Gasteiger partial charge is 0.392 e. The van der Waals surface area contributed by atoms with Gasteiger partial charge in [-0.3, -0.25) is 0 Å². The molecule has 0 aromatic heterocycles. The maximum atomic E-state index is 13.1. The normalized spacial score (nSPS) is 13.8. The van der Waals surface area contributed by atoms with E-state index in [1.165, 1.54) is 6.92 Å². The van der Waals surface area contributed by atoms with Crippen LogP contribution in [0.5, 0.6) is 0 Å². The third-order valence-electron chi connectivity index (χ3n) is 1.76. The molecule has 0 aliphatic carbocycles. The van der Waals surface area contributed by atoms with Gasteiger partial charge in [-0.15, -0.1) is 0 Å². The van der Waals surface area contributed by atoms with Gasteiger partial charge in [0, 0.05) is 6.54 Å². The maximum absolute atomic E-state index is 13.1. The van der Waals surface area contributed by atoms with E-state index in [4.69, 9.17) is 5.11 Å². The van der Waals surface area contributed by atoms with Crippen molar-refractivity contribution in [1.82, 2.24) is 4.72 Å². The Kier molecular flexibility index (Phi) is 3.95. The van der Waals surface area contributed by atoms with Gasteiger partial charge in [0.25, 0.3) is 0 Å². The van der Waals surface area contributed by atoms with Crippen LogP contribution < -0.4 is 4.72 Å². The first-order chi connectivity index (χ1) is 7.34. The molecule has 2 N–H and O–H groups in total. The lowest BCUT2D eigenvalue weighted by Gasteiger charge is -2.09. The number of hydrogen-bond donors (Lipinski definition) is 2. The Morgan fingerprint density at radius 1 is 1.38 bits per heavy atom. The average molecular weight is 251 g/mol. The highest BCUT2D eigenvalue weighted by Crippen LogP contribution is 2.17. The summed E-state index contributed by atoms with van der Waals surface area (Å²) in [4.78, 5) is -1.03. The van der Waals surface area contributed by atoms with Crippen molar-refractivity contribution in [2.45, 2.75) is 17.9 Å². The molecule has 4 nitrogen and oxygen atoms in total. The highest BCUT2D eigenvalue weighted by atomic mass is 32.2. The Morgan fingerprint density at radius 3 is 2.31 bits per heavy atom. The quantitative estimate of drug-likeness (QED) is 0.824. The Labute approximate surface area is 92.0 Å². The molecule has 0 aliphatic heterocycles. The van der Waals surface area contributed by atoms with Gasteiger partial charge in [0.05, 0.1) is 6.10 Å². The molecule has 0 heterocycles. The minimum atomic E-state index is -4.28. The predicted octanol–water partition coefficient (Wildman–Crippen LogP) is 0.624. The molecule has 0 amide bonds. The summed E-state index contributed by atoms with van der Waals surface area (Å²) in [6.07, 6.45) is -0.940. The van der Waals surface area contributed by atoms with Crippen LogP contribution in [0.3, 0.4) is 0 Å². The molecule has 0 spiro atoms. The second kappa shape index (κ2) is 4.86. The van der Waals surface area contributed by atoms with Crippen molar-refractivity contribution < 1.29 is 22.3 Å². The molecule has 0 aliphatic rings. The van der Waals surface area contributed by atoms with E-state index in [0.29, 0.717) is 0 Å². The summed E-state index contributed by atoms with van der Waals surface area (Å²) in [6.45, 7) is 1.04. The average Bonchev–Trinajstić information content (AvgIpc) is 2.14. The van der Waals surface area contributed by atoms with Gasteiger partial charge in [-0.25, -0.2) is 21.9 Å². The number of rotatable bonds is 4. The molecular weight excluding hydrogens is 240 g/mol. The van der Waals surface area contributed by atoms with Crippen LogP contribution >= 0.6 is 0 Å². The van der Waals surface area contributed by atoms with Gasteiger partial charge in [-0.1, -0.05) is 6.07 Å². The zero-order valence-electron chi connectivity index (χ0n) is 8.44. The van der Waals surface area contributed by atoms with E-state index >= 15 is 0 Å². The molecule has 1 unspecified atom stereocenters. The Bertz CT molecular complexity index is 453. The van der Waals surface area contributed by atoms with E-state index in [-0.39, 0.29) is 6.54 Å². The maximum Gasteiger partial charge on any atom is 0.246 e. The van der Waals surface area contributed by atoms with Crippen LogP contribution in [0.2, 0.25) is 0 Å². The van der Waals surface area contributed by atoms with Gasteiger partial charge < -0.3 is 5.11 Å². The van der Waals surface area contributed by atoms with Gasteiger partial charge in [0.1, 0.15) is 11.6 Å². The molecular formula is C9H11F2NO3S. The fourth-order valence-electron chi connectivity index (χ4n) is 1.04. The zero-order valence-corrected chi connectivity index (χ0v) is 9.26. The van der Waals surface area contributed by atoms with Gasteiger partial charge in [-0.2, -0.15) is 0 Å². The first-order valence-corrected chi connectivity index (χ1v) is 5.94. The van der Waals surface area contributed by atoms with E-state index in [2.05, 4.69) is 0 Å². The van der Waals surface area contributed by atoms with E-state index in [0.717, 1.165) is 18.2 Å². The lowest BCUT2D eigenvalue weighted by Crippen LogP contribution is -2.31. The highest BCUT2D eigenvalue weighted by Gasteiger charge is 2.23. The predicted molar refractivity (Wildman–Crippen MR) is 53.2 cm³/mol. The molecule has 0 bridgehead atoms. The molecule has 0 radical (unpaired) electrons. The van der Waals surface area contributed by atoms with Gasteiger partial charge in [-0.05, 0) is 19.1 Å². The van der Waals surface area contributed by atoms with Crippen LogP contribution in [0, 0.1) is 11.6 Å². The van der Waals surface area contributed by atoms with Crippen LogP contribution in [0.4, 0.5) is 8.78 Å². The summed E-state index contributed by atoms with van der Waals surface area (Å²) in [7, 11) is -4.28. The lowest BCUT2D eigenvalue weighted by molar-refractivity contribution is 0.198. The third-order valence-corrected chi connectivity index (χ3v) is 3.23. The summed E-state index contributed by atoms with van der Waals surface area (Å²) in [5.74, 6) is -2.34. The van der Waals surface area contributed by atoms with Crippen molar-refractivity contribution in [2.75, 3.05) is 6.54 Å². The summed E-state index contributed by atoms with van der Waals surface area (Å²) >= 11 is 0. The smallest absolute Gasteiger partial charge is 0.246 e. The number of aliphatic hydroxyl groups is 1. The molecule has 90 valence electrons. The van der Waals surface area contributed by atoms with Gasteiger partial charge >= 0.3 is 0 Å². The van der Waals surface area contributed by atoms with E-state index < -0.39 is 32.7 Å². The number of aliphatic hydroxyl groups excluding tert-OH is 1. The van der Waals surface area contributed by atoms with Gasteiger partial charge in [0.15, 0.2) is 4.90 Å². The van der Waals surface area contributed by atoms with E-state index in [1.807, 2.05) is 4.72 Å². The second-order valence-electron chi connectivity index (χ2n) is 3.25. The second-order valence-corrected chi connectivity index (χ2v) is 4.96. The minimum Gasteiger partial charge on any atom is -0.392 e. The summed E-state index contributed by atoms with van der Waals surface area (Å²) in [6, 6.07) is 2.76. The summed E-state index contributed by atoms with van der Waals surface area (Å²) in [5, 5.41) is 8.89. The van der Waals surface area contributed by atoms with Crippen molar-refractivity contribution in [3.05, 3.63) is 29.8 Å². The fourth-order valence-corrected chi connectivity index (χ4v) is 2.30. The molecule has 0 fully saturated rings. The van der Waals surface area contributed by atoms with Crippen LogP contribution in [-0.4, -0.2) is 26.2 Å². The van der Waals surface area contributed by atoms with Crippen LogP contribution in [0.15, 0.2) is 23.1 Å². The minimum absolute atomic E-state index is 0.309. The number of hydrogen-bond acceptors (Lipinski definition) is 3.